The Balaban J connectivity index is 0.972. The number of amides is 4. The second-order valence-corrected chi connectivity index (χ2v) is 13.5. The molecule has 3 saturated heterocycles. The number of thioether (sulfide) groups is 2. The second-order valence-electron chi connectivity index (χ2n) is 11.1. The number of nitrogens with one attached hydrogen (secondary N) is 4. The molecule has 4 amide bonds. The van der Waals surface area contributed by atoms with Crippen LogP contribution in [-0.4, -0.2) is 124 Å². The summed E-state index contributed by atoms with van der Waals surface area (Å²) in [5.41, 5.74) is 6.51. The Morgan fingerprint density at radius 3 is 2.80 bits per heavy atom. The number of unbranched alkanes of at least 4 members (excludes halogenated alkanes) is 1. The molecule has 3 aliphatic rings. The number of anilines is 1. The second kappa shape index (κ2) is 14.8. The van der Waals surface area contributed by atoms with Gasteiger partial charge in [-0.15, -0.1) is 0 Å². The van der Waals surface area contributed by atoms with Crippen LogP contribution in [0.2, 0.25) is 0 Å². The molecule has 19 heteroatoms. The van der Waals surface area contributed by atoms with Crippen molar-refractivity contribution in [3.8, 4) is 0 Å². The average molecular weight is 668 g/mol. The number of aliphatic hydroxyl groups excluding tert-OH is 2. The van der Waals surface area contributed by atoms with Crippen molar-refractivity contribution in [2.45, 2.75) is 80.0 Å². The van der Waals surface area contributed by atoms with Crippen LogP contribution in [0.3, 0.4) is 0 Å². The molecule has 0 aliphatic carbocycles. The maximum Gasteiger partial charge on any atom is 0.326 e. The number of nitrogen functional groups attached to an aromatic ring is 1. The Kier molecular flexibility index (Phi) is 10.9. The first-order valence-corrected chi connectivity index (χ1v) is 16.8. The minimum Gasteiger partial charge on any atom is -0.480 e. The van der Waals surface area contributed by atoms with Crippen LogP contribution in [0.5, 0.6) is 0 Å². The molecule has 0 bridgehead atoms. The number of aliphatic carboxylic acids is 1. The van der Waals surface area contributed by atoms with Crippen LogP contribution in [0.4, 0.5) is 10.6 Å². The number of carbonyl (C=O) groups excluding carboxylic acids is 3. The number of rotatable bonds is 15. The largest absolute Gasteiger partial charge is 0.480 e. The lowest BCUT2D eigenvalue weighted by Crippen LogP contribution is -2.45. The maximum absolute atomic E-state index is 12.3. The fourth-order valence-electron chi connectivity index (χ4n) is 5.60. The summed E-state index contributed by atoms with van der Waals surface area (Å²) in [6.45, 7) is -0.337. The summed E-state index contributed by atoms with van der Waals surface area (Å²) in [5.74, 6) is -0.510. The molecule has 3 aliphatic heterocycles. The number of aromatic nitrogens is 4. The first-order valence-electron chi connectivity index (χ1n) is 14.6. The SMILES string of the molecule is Nc1ncnc2c1ncn2C1O[C@H](CSCC[C@H](NC(=O)CNC(=O)CCCCC2SC[C@@H]3NC(=O)N[C@H]23)C(=O)O)[C@@H](O)[C@H]1O. The van der Waals surface area contributed by atoms with Crippen molar-refractivity contribution in [3.05, 3.63) is 12.7 Å². The van der Waals surface area contributed by atoms with Crippen LogP contribution < -0.4 is 27.0 Å². The number of carbonyl (C=O) groups is 4. The summed E-state index contributed by atoms with van der Waals surface area (Å²) >= 11 is 3.11. The van der Waals surface area contributed by atoms with Crippen molar-refractivity contribution in [1.82, 2.24) is 40.8 Å². The highest BCUT2D eigenvalue weighted by molar-refractivity contribution is 8.00. The number of nitrogens with zero attached hydrogens (tertiary/aromatic N) is 4. The molecule has 2 aromatic rings. The molecule has 0 radical (unpaired) electrons. The molecule has 17 nitrogen and oxygen atoms in total. The van der Waals surface area contributed by atoms with E-state index in [9.17, 15) is 34.5 Å². The Bertz CT molecular complexity index is 1400. The van der Waals surface area contributed by atoms with Gasteiger partial charge in [0.05, 0.1) is 31.1 Å². The summed E-state index contributed by atoms with van der Waals surface area (Å²) in [4.78, 5) is 59.9. The molecule has 2 unspecified atom stereocenters. The zero-order valence-electron chi connectivity index (χ0n) is 24.2. The standard InChI is InChI=1S/C26H37N9O8S2/c27-22-19-23(30-10-29-22)35(11-31-19)24-21(39)20(38)14(43-24)9-44-6-5-12(25(40)41)32-17(37)7-28-16(36)4-2-1-3-15-18-13(8-45-15)33-26(42)34-18/h10-15,18,20-21,24,38-39H,1-9H2,(H,28,36)(H,32,37)(H,40,41)(H2,27,29,30)(H2,33,34,42)/t12-,13-,14+,15?,18-,20+,21+,24?/m0/s1. The first kappa shape index (κ1) is 33.0. The number of imidazole rings is 1. The van der Waals surface area contributed by atoms with Gasteiger partial charge >= 0.3 is 12.0 Å². The van der Waals surface area contributed by atoms with E-state index < -0.39 is 42.5 Å². The van der Waals surface area contributed by atoms with E-state index in [1.165, 1.54) is 29.0 Å². The van der Waals surface area contributed by atoms with Crippen LogP contribution in [-0.2, 0) is 19.1 Å². The zero-order valence-corrected chi connectivity index (χ0v) is 25.8. The molecule has 0 aromatic carbocycles. The van der Waals surface area contributed by atoms with E-state index in [0.29, 0.717) is 28.6 Å². The number of carboxylic acids is 1. The summed E-state index contributed by atoms with van der Waals surface area (Å²) in [6.07, 6.45) is 1.12. The first-order chi connectivity index (χ1) is 21.6. The van der Waals surface area contributed by atoms with Gasteiger partial charge in [-0.05, 0) is 25.0 Å². The van der Waals surface area contributed by atoms with Crippen molar-refractivity contribution < 1.29 is 39.2 Å². The fourth-order valence-corrected chi connectivity index (χ4v) is 8.22. The Labute approximate surface area is 266 Å². The minimum absolute atomic E-state index is 0.0911. The molecular weight excluding hydrogens is 630 g/mol. The fraction of sp³-hybridized carbons (Fsp3) is 0.654. The summed E-state index contributed by atoms with van der Waals surface area (Å²) in [6, 6.07) is -1.02. The lowest BCUT2D eigenvalue weighted by atomic mass is 10.0. The predicted molar refractivity (Wildman–Crippen MR) is 164 cm³/mol. The van der Waals surface area contributed by atoms with Crippen LogP contribution in [0.1, 0.15) is 38.3 Å². The number of hydrogen-bond donors (Lipinski definition) is 8. The zero-order chi connectivity index (χ0) is 32.1. The van der Waals surface area contributed by atoms with Gasteiger partial charge < -0.3 is 47.1 Å². The molecule has 0 spiro atoms. The van der Waals surface area contributed by atoms with E-state index >= 15 is 0 Å². The quantitative estimate of drug-likeness (QED) is 0.0800. The van der Waals surface area contributed by atoms with Crippen LogP contribution in [0.15, 0.2) is 12.7 Å². The van der Waals surface area contributed by atoms with Crippen molar-refractivity contribution in [1.29, 1.82) is 0 Å². The molecule has 8 atom stereocenters. The van der Waals surface area contributed by atoms with E-state index in [4.69, 9.17) is 10.5 Å². The third kappa shape index (κ3) is 7.89. The van der Waals surface area contributed by atoms with Gasteiger partial charge in [0.25, 0.3) is 0 Å². The normalized spacial score (nSPS) is 28.0. The van der Waals surface area contributed by atoms with Crippen molar-refractivity contribution in [2.24, 2.45) is 0 Å². The number of aliphatic hydroxyl groups is 2. The summed E-state index contributed by atoms with van der Waals surface area (Å²) < 4.78 is 7.36. The minimum atomic E-state index is -1.27. The number of hydrogen-bond acceptors (Lipinski definition) is 13. The molecule has 246 valence electrons. The van der Waals surface area contributed by atoms with Gasteiger partial charge in [-0.25, -0.2) is 24.5 Å². The van der Waals surface area contributed by atoms with Gasteiger partial charge in [0, 0.05) is 23.2 Å². The van der Waals surface area contributed by atoms with E-state index in [1.807, 2.05) is 11.8 Å². The Morgan fingerprint density at radius 1 is 1.18 bits per heavy atom. The van der Waals surface area contributed by atoms with E-state index in [1.54, 1.807) is 0 Å². The predicted octanol–water partition coefficient (Wildman–Crippen LogP) is -1.44. The number of fused-ring (bicyclic) bond motifs is 2. The number of urea groups is 1. The monoisotopic (exact) mass is 667 g/mol. The lowest BCUT2D eigenvalue weighted by molar-refractivity contribution is -0.141. The molecule has 5 heterocycles. The molecule has 0 saturated carbocycles. The molecule has 3 fully saturated rings. The third-order valence-electron chi connectivity index (χ3n) is 7.99. The van der Waals surface area contributed by atoms with Crippen molar-refractivity contribution in [2.75, 3.05) is 29.5 Å². The average Bonchev–Trinajstić information content (AvgIpc) is 3.76. The Morgan fingerprint density at radius 2 is 2.00 bits per heavy atom. The van der Waals surface area contributed by atoms with Crippen LogP contribution in [0, 0.1) is 0 Å². The van der Waals surface area contributed by atoms with Crippen molar-refractivity contribution >= 4 is 64.3 Å². The van der Waals surface area contributed by atoms with Gasteiger partial charge in [0.2, 0.25) is 11.8 Å². The summed E-state index contributed by atoms with van der Waals surface area (Å²) in [5, 5.41) is 41.8. The third-order valence-corrected chi connectivity index (χ3v) is 10.6. The van der Waals surface area contributed by atoms with E-state index in [2.05, 4.69) is 36.2 Å². The van der Waals surface area contributed by atoms with Gasteiger partial charge in [-0.2, -0.15) is 23.5 Å². The number of carboxylic acid groups (broad SMARTS) is 1. The molecule has 2 aromatic heterocycles. The topological polar surface area (TPSA) is 256 Å². The van der Waals surface area contributed by atoms with Gasteiger partial charge in [-0.1, -0.05) is 6.42 Å². The van der Waals surface area contributed by atoms with Crippen LogP contribution >= 0.6 is 23.5 Å². The molecule has 45 heavy (non-hydrogen) atoms. The highest BCUT2D eigenvalue weighted by atomic mass is 32.2. The number of nitrogens with two attached hydrogens (primary N) is 1. The van der Waals surface area contributed by atoms with Crippen LogP contribution in [0.25, 0.3) is 11.2 Å². The molecular formula is C26H37N9O8S2. The van der Waals surface area contributed by atoms with E-state index in [0.717, 1.165) is 18.6 Å². The maximum atomic E-state index is 12.3. The highest BCUT2D eigenvalue weighted by Crippen LogP contribution is 2.34. The van der Waals surface area contributed by atoms with E-state index in [-0.39, 0.29) is 55.0 Å². The lowest BCUT2D eigenvalue weighted by Gasteiger charge is -2.17. The number of ether oxygens (including phenoxy) is 1. The summed E-state index contributed by atoms with van der Waals surface area (Å²) in [7, 11) is 0. The Hall–Kier alpha value is -3.39. The van der Waals surface area contributed by atoms with Gasteiger partial charge in [0.1, 0.15) is 30.1 Å². The van der Waals surface area contributed by atoms with Crippen molar-refractivity contribution in [3.63, 3.8) is 0 Å². The molecule has 9 N–H and O–H groups in total. The highest BCUT2D eigenvalue weighted by Gasteiger charge is 2.44. The smallest absolute Gasteiger partial charge is 0.326 e. The van der Waals surface area contributed by atoms with Gasteiger partial charge in [-0.3, -0.25) is 14.2 Å². The molecule has 5 rings (SSSR count). The van der Waals surface area contributed by atoms with Gasteiger partial charge in [0.15, 0.2) is 17.7 Å².